The molecule has 1 fully saturated rings. The molecule has 0 radical (unpaired) electrons. The third-order valence-corrected chi connectivity index (χ3v) is 4.10. The van der Waals surface area contributed by atoms with Crippen molar-refractivity contribution in [3.8, 4) is 0 Å². The first-order chi connectivity index (χ1) is 10.8. The van der Waals surface area contributed by atoms with E-state index in [1.807, 2.05) is 55.6 Å². The zero-order valence-electron chi connectivity index (χ0n) is 12.7. The molecule has 2 unspecified atom stereocenters. The predicted octanol–water partition coefficient (Wildman–Crippen LogP) is 2.67. The van der Waals surface area contributed by atoms with Gasteiger partial charge in [-0.1, -0.05) is 36.4 Å². The number of carbonyl (C=O) groups is 1. The summed E-state index contributed by atoms with van der Waals surface area (Å²) in [6.45, 7) is 1.19. The smallest absolute Gasteiger partial charge is 0.228 e. The number of hydrogen-bond donors (Lipinski definition) is 0. The minimum atomic E-state index is -0.171. The van der Waals surface area contributed by atoms with Gasteiger partial charge in [-0.3, -0.25) is 9.78 Å². The van der Waals surface area contributed by atoms with Crippen LogP contribution in [0.4, 0.5) is 0 Å². The Morgan fingerprint density at radius 1 is 1.23 bits per heavy atom. The van der Waals surface area contributed by atoms with Gasteiger partial charge in [0.15, 0.2) is 0 Å². The molecule has 0 saturated carbocycles. The van der Waals surface area contributed by atoms with Crippen molar-refractivity contribution >= 4 is 5.91 Å². The minimum absolute atomic E-state index is 0.0417. The first-order valence-electron chi connectivity index (χ1n) is 7.57. The van der Waals surface area contributed by atoms with E-state index in [9.17, 15) is 4.79 Å². The maximum Gasteiger partial charge on any atom is 0.228 e. The van der Waals surface area contributed by atoms with Crippen LogP contribution in [-0.2, 0) is 9.53 Å². The molecule has 0 bridgehead atoms. The van der Waals surface area contributed by atoms with Crippen molar-refractivity contribution in [3.05, 3.63) is 66.0 Å². The Kier molecular flexibility index (Phi) is 4.49. The van der Waals surface area contributed by atoms with E-state index < -0.39 is 0 Å². The van der Waals surface area contributed by atoms with Crippen LogP contribution in [0.1, 0.15) is 23.7 Å². The number of aromatic nitrogens is 1. The standard InChI is InChI=1S/C18H20N2O2/c1-20(18(21)15-10-12-22-13-15)17(14-7-3-2-4-8-14)16-9-5-6-11-19-16/h2-9,11,15,17H,10,12-13H2,1H3. The van der Waals surface area contributed by atoms with Gasteiger partial charge in [0.25, 0.3) is 0 Å². The molecule has 1 aliphatic rings. The summed E-state index contributed by atoms with van der Waals surface area (Å²) in [7, 11) is 1.85. The Bertz CT molecular complexity index is 570. The lowest BCUT2D eigenvalue weighted by molar-refractivity contribution is -0.135. The van der Waals surface area contributed by atoms with Gasteiger partial charge in [-0.05, 0) is 24.1 Å². The summed E-state index contributed by atoms with van der Waals surface area (Å²) in [6.07, 6.45) is 2.56. The number of benzene rings is 1. The van der Waals surface area contributed by atoms with E-state index >= 15 is 0 Å². The van der Waals surface area contributed by atoms with Crippen molar-refractivity contribution < 1.29 is 9.53 Å². The summed E-state index contributed by atoms with van der Waals surface area (Å²) in [5, 5.41) is 0. The largest absolute Gasteiger partial charge is 0.381 e. The summed E-state index contributed by atoms with van der Waals surface area (Å²) < 4.78 is 5.36. The fourth-order valence-electron chi connectivity index (χ4n) is 2.91. The minimum Gasteiger partial charge on any atom is -0.381 e. The topological polar surface area (TPSA) is 42.4 Å². The Balaban J connectivity index is 1.93. The lowest BCUT2D eigenvalue weighted by Crippen LogP contribution is -2.37. The number of ether oxygens (including phenoxy) is 1. The fourth-order valence-corrected chi connectivity index (χ4v) is 2.91. The molecule has 114 valence electrons. The van der Waals surface area contributed by atoms with Gasteiger partial charge in [-0.25, -0.2) is 0 Å². The molecule has 0 N–H and O–H groups in total. The van der Waals surface area contributed by atoms with Crippen molar-refractivity contribution in [1.29, 1.82) is 0 Å². The average Bonchev–Trinajstić information content (AvgIpc) is 3.11. The van der Waals surface area contributed by atoms with Crippen LogP contribution in [0.5, 0.6) is 0 Å². The highest BCUT2D eigenvalue weighted by molar-refractivity contribution is 5.79. The number of carbonyl (C=O) groups excluding carboxylic acids is 1. The van der Waals surface area contributed by atoms with E-state index in [4.69, 9.17) is 4.74 Å². The van der Waals surface area contributed by atoms with E-state index in [0.717, 1.165) is 17.7 Å². The molecule has 1 aliphatic heterocycles. The highest BCUT2D eigenvalue weighted by Crippen LogP contribution is 2.28. The van der Waals surface area contributed by atoms with Gasteiger partial charge in [0.05, 0.1) is 24.3 Å². The second kappa shape index (κ2) is 6.71. The van der Waals surface area contributed by atoms with Gasteiger partial charge in [0, 0.05) is 19.9 Å². The van der Waals surface area contributed by atoms with Crippen molar-refractivity contribution in [2.75, 3.05) is 20.3 Å². The Labute approximate surface area is 130 Å². The Morgan fingerprint density at radius 3 is 2.64 bits per heavy atom. The molecule has 1 aromatic carbocycles. The molecule has 0 spiro atoms. The summed E-state index contributed by atoms with van der Waals surface area (Å²) in [5.41, 5.74) is 1.94. The lowest BCUT2D eigenvalue weighted by Gasteiger charge is -2.30. The molecular weight excluding hydrogens is 276 g/mol. The molecule has 1 amide bonds. The summed E-state index contributed by atoms with van der Waals surface area (Å²) >= 11 is 0. The first kappa shape index (κ1) is 14.7. The fraction of sp³-hybridized carbons (Fsp3) is 0.333. The van der Waals surface area contributed by atoms with Crippen LogP contribution in [0.15, 0.2) is 54.7 Å². The number of nitrogens with zero attached hydrogens (tertiary/aromatic N) is 2. The van der Waals surface area contributed by atoms with Gasteiger partial charge < -0.3 is 9.64 Å². The van der Waals surface area contributed by atoms with Gasteiger partial charge >= 0.3 is 0 Å². The van der Waals surface area contributed by atoms with Crippen LogP contribution in [0.3, 0.4) is 0 Å². The van der Waals surface area contributed by atoms with Crippen molar-refractivity contribution in [2.24, 2.45) is 5.92 Å². The summed E-state index contributed by atoms with van der Waals surface area (Å²) in [5.74, 6) is 0.0805. The maximum atomic E-state index is 12.8. The Hall–Kier alpha value is -2.20. The zero-order valence-corrected chi connectivity index (χ0v) is 12.7. The molecular formula is C18H20N2O2. The summed E-state index contributed by atoms with van der Waals surface area (Å²) in [4.78, 5) is 19.0. The molecule has 4 heteroatoms. The van der Waals surface area contributed by atoms with Crippen molar-refractivity contribution in [3.63, 3.8) is 0 Å². The van der Waals surface area contributed by atoms with Crippen LogP contribution in [-0.4, -0.2) is 36.1 Å². The average molecular weight is 296 g/mol. The number of rotatable bonds is 4. The molecule has 2 atom stereocenters. The van der Waals surface area contributed by atoms with E-state index in [2.05, 4.69) is 4.98 Å². The third kappa shape index (κ3) is 3.02. The van der Waals surface area contributed by atoms with Crippen LogP contribution < -0.4 is 0 Å². The zero-order chi connectivity index (χ0) is 15.4. The second-order valence-electron chi connectivity index (χ2n) is 5.58. The van der Waals surface area contributed by atoms with E-state index in [0.29, 0.717) is 13.2 Å². The van der Waals surface area contributed by atoms with E-state index in [1.165, 1.54) is 0 Å². The number of pyridine rings is 1. The highest BCUT2D eigenvalue weighted by Gasteiger charge is 2.31. The normalized spacial score (nSPS) is 18.9. The van der Waals surface area contributed by atoms with Gasteiger partial charge in [0.1, 0.15) is 0 Å². The predicted molar refractivity (Wildman–Crippen MR) is 84.2 cm³/mol. The van der Waals surface area contributed by atoms with Gasteiger partial charge in [-0.2, -0.15) is 0 Å². The second-order valence-corrected chi connectivity index (χ2v) is 5.58. The van der Waals surface area contributed by atoms with Crippen LogP contribution >= 0.6 is 0 Å². The highest BCUT2D eigenvalue weighted by atomic mass is 16.5. The lowest BCUT2D eigenvalue weighted by atomic mass is 9.99. The van der Waals surface area contributed by atoms with Crippen LogP contribution in [0.25, 0.3) is 0 Å². The molecule has 3 rings (SSSR count). The molecule has 4 nitrogen and oxygen atoms in total. The summed E-state index contributed by atoms with van der Waals surface area (Å²) in [6, 6.07) is 15.7. The molecule has 1 aromatic heterocycles. The van der Waals surface area contributed by atoms with Crippen molar-refractivity contribution in [2.45, 2.75) is 12.5 Å². The number of amides is 1. The quantitative estimate of drug-likeness (QED) is 0.871. The van der Waals surface area contributed by atoms with Crippen LogP contribution in [0, 0.1) is 5.92 Å². The third-order valence-electron chi connectivity index (χ3n) is 4.10. The monoisotopic (exact) mass is 296 g/mol. The Morgan fingerprint density at radius 2 is 2.00 bits per heavy atom. The molecule has 2 heterocycles. The van der Waals surface area contributed by atoms with Gasteiger partial charge in [0.2, 0.25) is 5.91 Å². The van der Waals surface area contributed by atoms with Gasteiger partial charge in [-0.15, -0.1) is 0 Å². The maximum absolute atomic E-state index is 12.8. The number of hydrogen-bond acceptors (Lipinski definition) is 3. The molecule has 2 aromatic rings. The van der Waals surface area contributed by atoms with E-state index in [1.54, 1.807) is 11.1 Å². The van der Waals surface area contributed by atoms with E-state index in [-0.39, 0.29) is 17.9 Å². The van der Waals surface area contributed by atoms with Crippen molar-refractivity contribution in [1.82, 2.24) is 9.88 Å². The molecule has 0 aliphatic carbocycles. The molecule has 1 saturated heterocycles. The van der Waals surface area contributed by atoms with Crippen LogP contribution in [0.2, 0.25) is 0 Å². The first-order valence-corrected chi connectivity index (χ1v) is 7.57. The SMILES string of the molecule is CN(C(=O)C1CCOC1)C(c1ccccc1)c1ccccn1. The molecule has 22 heavy (non-hydrogen) atoms.